The van der Waals surface area contributed by atoms with Gasteiger partial charge in [-0.2, -0.15) is 5.10 Å². The largest absolute Gasteiger partial charge is 0.490 e. The molecule has 1 aromatic heterocycles. The summed E-state index contributed by atoms with van der Waals surface area (Å²) in [6, 6.07) is 16.6. The van der Waals surface area contributed by atoms with Crippen LogP contribution >= 0.6 is 0 Å². The van der Waals surface area contributed by atoms with Crippen LogP contribution in [0.2, 0.25) is 0 Å². The highest BCUT2D eigenvalue weighted by Crippen LogP contribution is 2.30. The first-order chi connectivity index (χ1) is 13.7. The molecule has 7 heteroatoms. The molecule has 0 bridgehead atoms. The second-order valence-corrected chi connectivity index (χ2v) is 6.29. The van der Waals surface area contributed by atoms with Crippen molar-refractivity contribution in [3.8, 4) is 22.8 Å². The van der Waals surface area contributed by atoms with Crippen molar-refractivity contribution in [2.45, 2.75) is 13.3 Å². The Morgan fingerprint density at radius 3 is 2.64 bits per heavy atom. The van der Waals surface area contributed by atoms with Crippen LogP contribution in [0.1, 0.15) is 29.4 Å². The molecule has 3 aromatic rings. The van der Waals surface area contributed by atoms with Crippen molar-refractivity contribution >= 4 is 11.6 Å². The van der Waals surface area contributed by atoms with Gasteiger partial charge in [0.05, 0.1) is 18.9 Å². The molecule has 0 spiro atoms. The lowest BCUT2D eigenvalue weighted by atomic mass is 10.1. The molecular formula is C21H19N3O4. The van der Waals surface area contributed by atoms with E-state index in [2.05, 4.69) is 15.7 Å². The molecule has 1 aliphatic heterocycles. The standard InChI is InChI=1S/C21H19N3O4/c1-14(16-8-9-18-20(12-16)27-11-5-10-26-18)22-23-21(25)17-13-19(28-24-17)15-6-3-2-4-7-15/h2-4,6-9,12-13H,5,10-11H2,1H3,(H,23,25)/b22-14+. The van der Waals surface area contributed by atoms with Gasteiger partial charge in [0, 0.05) is 23.6 Å². The Morgan fingerprint density at radius 1 is 1.04 bits per heavy atom. The van der Waals surface area contributed by atoms with E-state index < -0.39 is 5.91 Å². The Balaban J connectivity index is 1.46. The maximum Gasteiger partial charge on any atom is 0.293 e. The minimum absolute atomic E-state index is 0.161. The number of nitrogens with zero attached hydrogens (tertiary/aromatic N) is 2. The zero-order valence-electron chi connectivity index (χ0n) is 15.3. The van der Waals surface area contributed by atoms with Gasteiger partial charge >= 0.3 is 0 Å². The molecule has 0 fully saturated rings. The first kappa shape index (κ1) is 17.8. The third-order valence-electron chi connectivity index (χ3n) is 4.29. The van der Waals surface area contributed by atoms with Crippen LogP contribution in [-0.4, -0.2) is 30.0 Å². The highest BCUT2D eigenvalue weighted by Gasteiger charge is 2.14. The van der Waals surface area contributed by atoms with E-state index in [9.17, 15) is 4.79 Å². The number of hydrogen-bond acceptors (Lipinski definition) is 6. The molecule has 2 heterocycles. The van der Waals surface area contributed by atoms with Gasteiger partial charge in [-0.3, -0.25) is 4.79 Å². The summed E-state index contributed by atoms with van der Waals surface area (Å²) in [5, 5.41) is 7.98. The van der Waals surface area contributed by atoms with E-state index >= 15 is 0 Å². The van der Waals surface area contributed by atoms with Crippen LogP contribution in [0.5, 0.6) is 11.5 Å². The fourth-order valence-electron chi connectivity index (χ4n) is 2.77. The lowest BCUT2D eigenvalue weighted by molar-refractivity contribution is 0.0946. The molecule has 0 aliphatic carbocycles. The van der Waals surface area contributed by atoms with Crippen LogP contribution in [0.25, 0.3) is 11.3 Å². The molecule has 7 nitrogen and oxygen atoms in total. The van der Waals surface area contributed by atoms with Gasteiger partial charge < -0.3 is 14.0 Å². The number of hydrazone groups is 1. The SMILES string of the molecule is C/C(=N\NC(=O)c1cc(-c2ccccc2)on1)c1ccc2c(c1)OCCCO2. The minimum atomic E-state index is -0.445. The van der Waals surface area contributed by atoms with Crippen molar-refractivity contribution in [2.75, 3.05) is 13.2 Å². The van der Waals surface area contributed by atoms with E-state index in [-0.39, 0.29) is 5.69 Å². The van der Waals surface area contributed by atoms with Crippen molar-refractivity contribution in [1.82, 2.24) is 10.6 Å². The number of benzene rings is 2. The van der Waals surface area contributed by atoms with E-state index in [0.717, 1.165) is 17.5 Å². The van der Waals surface area contributed by atoms with Crippen LogP contribution in [0, 0.1) is 0 Å². The fraction of sp³-hybridized carbons (Fsp3) is 0.190. The number of nitrogens with one attached hydrogen (secondary N) is 1. The summed E-state index contributed by atoms with van der Waals surface area (Å²) in [5.74, 6) is 1.47. The molecule has 28 heavy (non-hydrogen) atoms. The van der Waals surface area contributed by atoms with Crippen LogP contribution in [0.4, 0.5) is 0 Å². The van der Waals surface area contributed by atoms with Gasteiger partial charge in [0.15, 0.2) is 23.0 Å². The monoisotopic (exact) mass is 377 g/mol. The number of aromatic nitrogens is 1. The third-order valence-corrected chi connectivity index (χ3v) is 4.29. The quantitative estimate of drug-likeness (QED) is 0.554. The maximum atomic E-state index is 12.3. The molecular weight excluding hydrogens is 358 g/mol. The molecule has 0 atom stereocenters. The van der Waals surface area contributed by atoms with E-state index in [1.807, 2.05) is 48.5 Å². The highest BCUT2D eigenvalue weighted by molar-refractivity contribution is 6.01. The summed E-state index contributed by atoms with van der Waals surface area (Å²) in [6.07, 6.45) is 0.843. The van der Waals surface area contributed by atoms with Crippen LogP contribution in [0.3, 0.4) is 0 Å². The van der Waals surface area contributed by atoms with Crippen LogP contribution < -0.4 is 14.9 Å². The number of hydrogen-bond donors (Lipinski definition) is 1. The van der Waals surface area contributed by atoms with Crippen molar-refractivity contribution in [3.63, 3.8) is 0 Å². The number of carbonyl (C=O) groups is 1. The summed E-state index contributed by atoms with van der Waals surface area (Å²) in [5.41, 5.74) is 4.98. The van der Waals surface area contributed by atoms with Crippen molar-refractivity contribution in [3.05, 3.63) is 65.9 Å². The molecule has 0 radical (unpaired) electrons. The van der Waals surface area contributed by atoms with Gasteiger partial charge in [-0.05, 0) is 25.1 Å². The third kappa shape index (κ3) is 3.88. The molecule has 1 amide bonds. The molecule has 0 saturated carbocycles. The van der Waals surface area contributed by atoms with E-state index in [4.69, 9.17) is 14.0 Å². The second kappa shape index (κ2) is 7.96. The van der Waals surface area contributed by atoms with Gasteiger partial charge in [0.25, 0.3) is 5.91 Å². The lowest BCUT2D eigenvalue weighted by Crippen LogP contribution is -2.19. The number of rotatable bonds is 4. The number of fused-ring (bicyclic) bond motifs is 1. The van der Waals surface area contributed by atoms with Gasteiger partial charge in [0.2, 0.25) is 0 Å². The predicted molar refractivity (Wildman–Crippen MR) is 104 cm³/mol. The summed E-state index contributed by atoms with van der Waals surface area (Å²) in [6.45, 7) is 3.05. The van der Waals surface area contributed by atoms with Gasteiger partial charge in [-0.15, -0.1) is 0 Å². The normalized spacial score (nSPS) is 13.7. The molecule has 1 aliphatic rings. The molecule has 2 aromatic carbocycles. The Morgan fingerprint density at radius 2 is 1.82 bits per heavy atom. The van der Waals surface area contributed by atoms with Gasteiger partial charge in [0.1, 0.15) is 0 Å². The molecule has 142 valence electrons. The fourth-order valence-corrected chi connectivity index (χ4v) is 2.77. The highest BCUT2D eigenvalue weighted by atomic mass is 16.5. The Bertz CT molecular complexity index is 1010. The van der Waals surface area contributed by atoms with E-state index in [0.29, 0.717) is 36.2 Å². The average molecular weight is 377 g/mol. The Hall–Kier alpha value is -3.61. The molecule has 1 N–H and O–H groups in total. The second-order valence-electron chi connectivity index (χ2n) is 6.29. The van der Waals surface area contributed by atoms with Crippen molar-refractivity contribution in [2.24, 2.45) is 5.10 Å². The number of amides is 1. The molecule has 0 unspecified atom stereocenters. The van der Waals surface area contributed by atoms with Gasteiger partial charge in [-0.25, -0.2) is 5.43 Å². The number of carbonyl (C=O) groups excluding carboxylic acids is 1. The summed E-state index contributed by atoms with van der Waals surface area (Å²) in [4.78, 5) is 12.3. The van der Waals surface area contributed by atoms with Crippen molar-refractivity contribution in [1.29, 1.82) is 0 Å². The van der Waals surface area contributed by atoms with Gasteiger partial charge in [-0.1, -0.05) is 35.5 Å². The number of ether oxygens (including phenoxy) is 2. The zero-order valence-corrected chi connectivity index (χ0v) is 15.3. The minimum Gasteiger partial charge on any atom is -0.490 e. The summed E-state index contributed by atoms with van der Waals surface area (Å²) < 4.78 is 16.6. The maximum absolute atomic E-state index is 12.3. The zero-order chi connectivity index (χ0) is 19.3. The first-order valence-electron chi connectivity index (χ1n) is 8.97. The van der Waals surface area contributed by atoms with Crippen molar-refractivity contribution < 1.29 is 18.8 Å². The Kier molecular flexibility index (Phi) is 5.05. The molecule has 0 saturated heterocycles. The summed E-state index contributed by atoms with van der Waals surface area (Å²) >= 11 is 0. The van der Waals surface area contributed by atoms with Crippen LogP contribution in [0.15, 0.2) is 64.2 Å². The van der Waals surface area contributed by atoms with Crippen LogP contribution in [-0.2, 0) is 0 Å². The summed E-state index contributed by atoms with van der Waals surface area (Å²) in [7, 11) is 0. The topological polar surface area (TPSA) is 86.0 Å². The lowest BCUT2D eigenvalue weighted by Gasteiger charge is -2.09. The first-order valence-corrected chi connectivity index (χ1v) is 8.97. The Labute approximate surface area is 161 Å². The van der Waals surface area contributed by atoms with E-state index in [1.165, 1.54) is 0 Å². The predicted octanol–water partition coefficient (Wildman–Crippen LogP) is 3.66. The van der Waals surface area contributed by atoms with E-state index in [1.54, 1.807) is 13.0 Å². The average Bonchev–Trinajstić information content (AvgIpc) is 3.11. The smallest absolute Gasteiger partial charge is 0.293 e. The molecule has 4 rings (SSSR count).